The van der Waals surface area contributed by atoms with Crippen molar-refractivity contribution >= 4 is 0 Å². The van der Waals surface area contributed by atoms with Crippen molar-refractivity contribution in [3.8, 4) is 0 Å². The Morgan fingerprint density at radius 1 is 1.33 bits per heavy atom. The van der Waals surface area contributed by atoms with Crippen molar-refractivity contribution in [3.63, 3.8) is 0 Å². The molecule has 21 heavy (non-hydrogen) atoms. The molecule has 2 N–H and O–H groups in total. The summed E-state index contributed by atoms with van der Waals surface area (Å²) in [6.07, 6.45) is 7.34. The highest BCUT2D eigenvalue weighted by molar-refractivity contribution is 5.11. The number of aliphatic hydroxyl groups is 1. The SMILES string of the molecule is CCC(CO)(CCCOC1CC2CCC1(C)C2(C)C)NC. The first-order valence-corrected chi connectivity index (χ1v) is 8.76. The highest BCUT2D eigenvalue weighted by atomic mass is 16.5. The van der Waals surface area contributed by atoms with Crippen LogP contribution in [-0.4, -0.2) is 37.0 Å². The molecule has 0 aliphatic heterocycles. The zero-order valence-electron chi connectivity index (χ0n) is 14.7. The van der Waals surface area contributed by atoms with E-state index in [1.54, 1.807) is 0 Å². The normalized spacial score (nSPS) is 36.9. The van der Waals surface area contributed by atoms with E-state index in [2.05, 4.69) is 33.0 Å². The number of rotatable bonds is 8. The summed E-state index contributed by atoms with van der Waals surface area (Å²) in [5.74, 6) is 0.844. The zero-order valence-corrected chi connectivity index (χ0v) is 14.7. The third-order valence-electron chi connectivity index (χ3n) is 7.34. The predicted molar refractivity (Wildman–Crippen MR) is 87.4 cm³/mol. The number of aliphatic hydroxyl groups excluding tert-OH is 1. The molecule has 0 aromatic carbocycles. The van der Waals surface area contributed by atoms with Crippen LogP contribution in [-0.2, 0) is 4.74 Å². The summed E-state index contributed by atoms with van der Waals surface area (Å²) in [5, 5.41) is 12.9. The van der Waals surface area contributed by atoms with Crippen LogP contribution in [0.5, 0.6) is 0 Å². The van der Waals surface area contributed by atoms with Gasteiger partial charge in [0.25, 0.3) is 0 Å². The second-order valence-electron chi connectivity index (χ2n) is 8.12. The van der Waals surface area contributed by atoms with Crippen LogP contribution >= 0.6 is 0 Å². The number of nitrogens with one attached hydrogen (secondary N) is 1. The first-order chi connectivity index (χ1) is 9.85. The van der Waals surface area contributed by atoms with Crippen LogP contribution in [0.3, 0.4) is 0 Å². The maximum atomic E-state index is 9.58. The molecule has 0 aromatic rings. The third-order valence-corrected chi connectivity index (χ3v) is 7.34. The van der Waals surface area contributed by atoms with Gasteiger partial charge in [-0.05, 0) is 62.3 Å². The number of likely N-dealkylation sites (N-methyl/N-ethyl adjacent to an activating group) is 1. The molecule has 2 rings (SSSR count). The van der Waals surface area contributed by atoms with Crippen LogP contribution in [0.15, 0.2) is 0 Å². The van der Waals surface area contributed by atoms with Crippen molar-refractivity contribution in [1.29, 1.82) is 0 Å². The van der Waals surface area contributed by atoms with Gasteiger partial charge in [-0.15, -0.1) is 0 Å². The summed E-state index contributed by atoms with van der Waals surface area (Å²) in [4.78, 5) is 0. The Balaban J connectivity index is 1.81. The highest BCUT2D eigenvalue weighted by Gasteiger charge is 2.61. The van der Waals surface area contributed by atoms with E-state index in [-0.39, 0.29) is 12.1 Å². The number of fused-ring (bicyclic) bond motifs is 2. The van der Waals surface area contributed by atoms with Gasteiger partial charge in [-0.2, -0.15) is 0 Å². The standard InChI is InChI=1S/C18H35NO2/c1-6-18(13-20,19-5)9-7-11-21-15-12-14-8-10-17(15,4)16(14,2)3/h14-15,19-20H,6-13H2,1-5H3. The highest BCUT2D eigenvalue weighted by Crippen LogP contribution is 2.66. The first-order valence-electron chi connectivity index (χ1n) is 8.76. The summed E-state index contributed by atoms with van der Waals surface area (Å²) < 4.78 is 6.29. The molecule has 0 aromatic heterocycles. The van der Waals surface area contributed by atoms with E-state index < -0.39 is 0 Å². The van der Waals surface area contributed by atoms with Gasteiger partial charge < -0.3 is 15.2 Å². The maximum Gasteiger partial charge on any atom is 0.0636 e. The summed E-state index contributed by atoms with van der Waals surface area (Å²) in [6, 6.07) is 0. The first kappa shape index (κ1) is 17.2. The molecule has 3 heteroatoms. The molecule has 3 nitrogen and oxygen atoms in total. The molecule has 2 fully saturated rings. The minimum atomic E-state index is -0.124. The monoisotopic (exact) mass is 297 g/mol. The van der Waals surface area contributed by atoms with Crippen LogP contribution in [0, 0.1) is 16.7 Å². The number of ether oxygens (including phenoxy) is 1. The lowest BCUT2D eigenvalue weighted by molar-refractivity contribution is -0.0493. The van der Waals surface area contributed by atoms with E-state index in [1.807, 2.05) is 7.05 Å². The van der Waals surface area contributed by atoms with Crippen LogP contribution in [0.1, 0.15) is 66.2 Å². The molecule has 2 bridgehead atoms. The fourth-order valence-corrected chi connectivity index (χ4v) is 4.77. The molecule has 4 unspecified atom stereocenters. The van der Waals surface area contributed by atoms with Gasteiger partial charge in [-0.1, -0.05) is 27.7 Å². The van der Waals surface area contributed by atoms with Gasteiger partial charge >= 0.3 is 0 Å². The molecule has 2 aliphatic carbocycles. The zero-order chi connectivity index (χ0) is 15.7. The summed E-state index contributed by atoms with van der Waals surface area (Å²) in [5.41, 5.74) is 0.668. The minimum absolute atomic E-state index is 0.124. The Bertz CT molecular complexity index is 343. The van der Waals surface area contributed by atoms with Gasteiger partial charge in [-0.25, -0.2) is 0 Å². The Kier molecular flexibility index (Phi) is 5.07. The van der Waals surface area contributed by atoms with Gasteiger partial charge in [0.05, 0.1) is 12.7 Å². The third kappa shape index (κ3) is 2.77. The Labute approximate surface area is 130 Å². The van der Waals surface area contributed by atoms with E-state index in [9.17, 15) is 5.11 Å². The second-order valence-corrected chi connectivity index (χ2v) is 8.12. The van der Waals surface area contributed by atoms with E-state index in [0.717, 1.165) is 31.8 Å². The quantitative estimate of drug-likeness (QED) is 0.675. The minimum Gasteiger partial charge on any atom is -0.394 e. The lowest BCUT2D eigenvalue weighted by Gasteiger charge is -2.39. The van der Waals surface area contributed by atoms with Crippen molar-refractivity contribution in [2.24, 2.45) is 16.7 Å². The molecule has 124 valence electrons. The predicted octanol–water partition coefficient (Wildman–Crippen LogP) is 3.36. The van der Waals surface area contributed by atoms with E-state index in [0.29, 0.717) is 16.9 Å². The molecule has 0 radical (unpaired) electrons. The second kappa shape index (κ2) is 6.17. The van der Waals surface area contributed by atoms with Crippen molar-refractivity contribution in [3.05, 3.63) is 0 Å². The molecule has 0 saturated heterocycles. The number of hydrogen-bond donors (Lipinski definition) is 2. The summed E-state index contributed by atoms with van der Waals surface area (Å²) >= 11 is 0. The van der Waals surface area contributed by atoms with Gasteiger partial charge in [0.2, 0.25) is 0 Å². The molecule has 0 heterocycles. The van der Waals surface area contributed by atoms with Gasteiger partial charge in [0.1, 0.15) is 0 Å². The summed E-state index contributed by atoms with van der Waals surface area (Å²) in [6.45, 7) is 10.5. The molecule has 0 spiro atoms. The maximum absolute atomic E-state index is 9.58. The van der Waals surface area contributed by atoms with Crippen molar-refractivity contribution in [1.82, 2.24) is 5.32 Å². The van der Waals surface area contributed by atoms with Gasteiger partial charge in [0, 0.05) is 12.1 Å². The average Bonchev–Trinajstić information content (AvgIpc) is 2.81. The Morgan fingerprint density at radius 3 is 2.48 bits per heavy atom. The fraction of sp³-hybridized carbons (Fsp3) is 1.00. The summed E-state index contributed by atoms with van der Waals surface area (Å²) in [7, 11) is 1.94. The fourth-order valence-electron chi connectivity index (χ4n) is 4.77. The van der Waals surface area contributed by atoms with Gasteiger partial charge in [-0.3, -0.25) is 0 Å². The van der Waals surface area contributed by atoms with E-state index in [1.165, 1.54) is 19.3 Å². The van der Waals surface area contributed by atoms with Crippen LogP contribution in [0.2, 0.25) is 0 Å². The van der Waals surface area contributed by atoms with Crippen LogP contribution in [0.25, 0.3) is 0 Å². The average molecular weight is 297 g/mol. The van der Waals surface area contributed by atoms with Crippen molar-refractivity contribution in [2.75, 3.05) is 20.3 Å². The van der Waals surface area contributed by atoms with Crippen molar-refractivity contribution < 1.29 is 9.84 Å². The van der Waals surface area contributed by atoms with Crippen LogP contribution < -0.4 is 5.32 Å². The molecule has 2 aliphatic rings. The topological polar surface area (TPSA) is 41.5 Å². The lowest BCUT2D eigenvalue weighted by atomic mass is 9.70. The largest absolute Gasteiger partial charge is 0.394 e. The number of hydrogen-bond acceptors (Lipinski definition) is 3. The molecular formula is C18H35NO2. The van der Waals surface area contributed by atoms with Crippen molar-refractivity contribution in [2.45, 2.75) is 77.9 Å². The lowest BCUT2D eigenvalue weighted by Crippen LogP contribution is -2.46. The molecule has 2 saturated carbocycles. The van der Waals surface area contributed by atoms with E-state index in [4.69, 9.17) is 4.74 Å². The molecular weight excluding hydrogens is 262 g/mol. The Hall–Kier alpha value is -0.120. The Morgan fingerprint density at radius 2 is 2.05 bits per heavy atom. The van der Waals surface area contributed by atoms with Gasteiger partial charge in [0.15, 0.2) is 0 Å². The molecule has 4 atom stereocenters. The van der Waals surface area contributed by atoms with E-state index >= 15 is 0 Å². The molecule has 0 amide bonds. The smallest absolute Gasteiger partial charge is 0.0636 e. The van der Waals surface area contributed by atoms with Crippen LogP contribution in [0.4, 0.5) is 0 Å².